The maximum Gasteiger partial charge on any atom is 0.140 e. The van der Waals surface area contributed by atoms with E-state index in [0.29, 0.717) is 5.56 Å². The van der Waals surface area contributed by atoms with E-state index in [1.54, 1.807) is 12.3 Å². The van der Waals surface area contributed by atoms with Gasteiger partial charge in [-0.1, -0.05) is 30.3 Å². The number of hydrogen-bond acceptors (Lipinski definition) is 6. The standard InChI is InChI=1S/C18H15N7O/c19-9-13(17-15(10-20)18(21)25(24-17)6-7-26)8-14-11-22-23-16(14)12-4-2-1-3-5-12/h1-5,8,11,26H,6-7,21H2,(H,22,23). The van der Waals surface area contributed by atoms with Gasteiger partial charge in [-0.2, -0.15) is 20.7 Å². The van der Waals surface area contributed by atoms with E-state index in [1.807, 2.05) is 36.4 Å². The van der Waals surface area contributed by atoms with Gasteiger partial charge < -0.3 is 10.8 Å². The van der Waals surface area contributed by atoms with Gasteiger partial charge >= 0.3 is 0 Å². The largest absolute Gasteiger partial charge is 0.394 e. The lowest BCUT2D eigenvalue weighted by Crippen LogP contribution is -2.07. The minimum absolute atomic E-state index is 0.107. The molecule has 8 nitrogen and oxygen atoms in total. The van der Waals surface area contributed by atoms with Gasteiger partial charge in [0.15, 0.2) is 0 Å². The molecule has 0 fully saturated rings. The number of nitriles is 2. The lowest BCUT2D eigenvalue weighted by atomic mass is 10.0. The van der Waals surface area contributed by atoms with Crippen molar-refractivity contribution in [1.29, 1.82) is 10.5 Å². The summed E-state index contributed by atoms with van der Waals surface area (Å²) in [6, 6.07) is 13.6. The Morgan fingerprint density at radius 1 is 1.31 bits per heavy atom. The van der Waals surface area contributed by atoms with Gasteiger partial charge in [-0.05, 0) is 6.08 Å². The molecule has 0 aliphatic rings. The quantitative estimate of drug-likeness (QED) is 0.602. The molecule has 128 valence electrons. The summed E-state index contributed by atoms with van der Waals surface area (Å²) in [6.07, 6.45) is 3.21. The molecular weight excluding hydrogens is 330 g/mol. The molecule has 0 atom stereocenters. The molecular formula is C18H15N7O. The molecule has 2 heterocycles. The maximum absolute atomic E-state index is 9.59. The van der Waals surface area contributed by atoms with E-state index in [1.165, 1.54) is 4.68 Å². The number of H-pyrrole nitrogens is 1. The van der Waals surface area contributed by atoms with Gasteiger partial charge in [0.25, 0.3) is 0 Å². The third-order valence-corrected chi connectivity index (χ3v) is 3.82. The van der Waals surface area contributed by atoms with Crippen molar-refractivity contribution in [3.05, 3.63) is 53.3 Å². The number of nitrogens with zero attached hydrogens (tertiary/aromatic N) is 5. The van der Waals surface area contributed by atoms with Crippen molar-refractivity contribution >= 4 is 17.5 Å². The average Bonchev–Trinajstić information content (AvgIpc) is 3.25. The van der Waals surface area contributed by atoms with Crippen molar-refractivity contribution in [2.75, 3.05) is 12.3 Å². The molecule has 1 aromatic carbocycles. The molecule has 0 saturated carbocycles. The van der Waals surface area contributed by atoms with Gasteiger partial charge in [-0.15, -0.1) is 0 Å². The van der Waals surface area contributed by atoms with Crippen molar-refractivity contribution in [3.8, 4) is 23.4 Å². The molecule has 0 spiro atoms. The topological polar surface area (TPSA) is 140 Å². The monoisotopic (exact) mass is 345 g/mol. The maximum atomic E-state index is 9.59. The zero-order chi connectivity index (χ0) is 18.5. The Balaban J connectivity index is 2.10. The Hall–Kier alpha value is -3.88. The Morgan fingerprint density at radius 2 is 2.08 bits per heavy atom. The van der Waals surface area contributed by atoms with E-state index in [-0.39, 0.29) is 35.8 Å². The summed E-state index contributed by atoms with van der Waals surface area (Å²) in [5, 5.41) is 39.2. The second-order valence-electron chi connectivity index (χ2n) is 5.40. The van der Waals surface area contributed by atoms with E-state index in [0.717, 1.165) is 11.3 Å². The van der Waals surface area contributed by atoms with Crippen molar-refractivity contribution in [1.82, 2.24) is 20.0 Å². The fraction of sp³-hybridized carbons (Fsp3) is 0.111. The number of allylic oxidation sites excluding steroid dienone is 1. The van der Waals surface area contributed by atoms with Crippen molar-refractivity contribution in [2.45, 2.75) is 6.54 Å². The summed E-state index contributed by atoms with van der Waals surface area (Å²) in [5.41, 5.74) is 8.72. The van der Waals surface area contributed by atoms with Gasteiger partial charge in [0.05, 0.1) is 30.6 Å². The summed E-state index contributed by atoms with van der Waals surface area (Å²) in [5.74, 6) is 0.119. The number of anilines is 1. The van der Waals surface area contributed by atoms with E-state index < -0.39 is 0 Å². The minimum Gasteiger partial charge on any atom is -0.394 e. The first-order chi connectivity index (χ1) is 12.7. The van der Waals surface area contributed by atoms with Crippen LogP contribution in [0.25, 0.3) is 22.9 Å². The van der Waals surface area contributed by atoms with E-state index in [9.17, 15) is 10.5 Å². The summed E-state index contributed by atoms with van der Waals surface area (Å²) in [7, 11) is 0. The molecule has 0 unspecified atom stereocenters. The smallest absolute Gasteiger partial charge is 0.140 e. The number of rotatable bonds is 5. The van der Waals surface area contributed by atoms with Crippen LogP contribution in [0, 0.1) is 22.7 Å². The highest BCUT2D eigenvalue weighted by Crippen LogP contribution is 2.28. The fourth-order valence-corrected chi connectivity index (χ4v) is 2.59. The number of aromatic amines is 1. The summed E-state index contributed by atoms with van der Waals surface area (Å²) in [6.45, 7) is -0.0398. The SMILES string of the molecule is N#CC(=Cc1cn[nH]c1-c1ccccc1)c1nn(CCO)c(N)c1C#N. The second-order valence-corrected chi connectivity index (χ2v) is 5.40. The zero-order valence-electron chi connectivity index (χ0n) is 13.7. The predicted molar refractivity (Wildman–Crippen MR) is 95.9 cm³/mol. The van der Waals surface area contributed by atoms with Gasteiger partial charge in [0.2, 0.25) is 0 Å². The molecule has 3 aromatic rings. The van der Waals surface area contributed by atoms with Crippen LogP contribution in [0.4, 0.5) is 5.82 Å². The Bertz CT molecular complexity index is 1030. The number of aliphatic hydroxyl groups is 1. The number of nitrogen functional groups attached to an aromatic ring is 1. The molecule has 0 saturated heterocycles. The third kappa shape index (κ3) is 3.05. The van der Waals surface area contributed by atoms with Crippen molar-refractivity contribution < 1.29 is 5.11 Å². The predicted octanol–water partition coefficient (Wildman–Crippen LogP) is 1.78. The molecule has 3 rings (SSSR count). The normalized spacial score (nSPS) is 11.1. The number of aromatic nitrogens is 4. The first-order valence-electron chi connectivity index (χ1n) is 7.77. The highest BCUT2D eigenvalue weighted by Gasteiger charge is 2.19. The Morgan fingerprint density at radius 3 is 2.73 bits per heavy atom. The molecule has 2 aromatic heterocycles. The molecule has 0 amide bonds. The Labute approximate surface area is 149 Å². The van der Waals surface area contributed by atoms with E-state index in [2.05, 4.69) is 21.4 Å². The molecule has 4 N–H and O–H groups in total. The molecule has 0 aliphatic carbocycles. The number of hydrogen-bond donors (Lipinski definition) is 3. The lowest BCUT2D eigenvalue weighted by molar-refractivity contribution is 0.270. The fourth-order valence-electron chi connectivity index (χ4n) is 2.59. The Kier molecular flexibility index (Phi) is 4.79. The third-order valence-electron chi connectivity index (χ3n) is 3.82. The van der Waals surface area contributed by atoms with Gasteiger partial charge in [-0.25, -0.2) is 4.68 Å². The molecule has 26 heavy (non-hydrogen) atoms. The van der Waals surface area contributed by atoms with Crippen molar-refractivity contribution in [3.63, 3.8) is 0 Å². The molecule has 8 heteroatoms. The minimum atomic E-state index is -0.179. The van der Waals surface area contributed by atoms with Crippen LogP contribution in [0.3, 0.4) is 0 Å². The zero-order valence-corrected chi connectivity index (χ0v) is 13.7. The van der Waals surface area contributed by atoms with Crippen LogP contribution in [0.15, 0.2) is 36.5 Å². The van der Waals surface area contributed by atoms with Crippen LogP contribution in [-0.4, -0.2) is 31.7 Å². The van der Waals surface area contributed by atoms with Crippen LogP contribution in [0.1, 0.15) is 16.8 Å². The van der Waals surface area contributed by atoms with E-state index >= 15 is 0 Å². The number of aliphatic hydroxyl groups excluding tert-OH is 1. The summed E-state index contributed by atoms with van der Waals surface area (Å²) < 4.78 is 1.31. The van der Waals surface area contributed by atoms with Gasteiger partial charge in [0.1, 0.15) is 29.2 Å². The first-order valence-corrected chi connectivity index (χ1v) is 7.77. The summed E-state index contributed by atoms with van der Waals surface area (Å²) in [4.78, 5) is 0. The van der Waals surface area contributed by atoms with Crippen LogP contribution in [0.2, 0.25) is 0 Å². The second kappa shape index (κ2) is 7.34. The average molecular weight is 345 g/mol. The first kappa shape index (κ1) is 17.0. The molecule has 0 aliphatic heterocycles. The van der Waals surface area contributed by atoms with Crippen molar-refractivity contribution in [2.24, 2.45) is 0 Å². The number of nitrogens with one attached hydrogen (secondary N) is 1. The van der Waals surface area contributed by atoms with Crippen LogP contribution in [0.5, 0.6) is 0 Å². The van der Waals surface area contributed by atoms with Crippen LogP contribution in [-0.2, 0) is 6.54 Å². The molecule has 0 radical (unpaired) electrons. The lowest BCUT2D eigenvalue weighted by Gasteiger charge is -2.00. The van der Waals surface area contributed by atoms with Crippen LogP contribution >= 0.6 is 0 Å². The molecule has 0 bridgehead atoms. The van der Waals surface area contributed by atoms with Gasteiger partial charge in [0, 0.05) is 11.1 Å². The van der Waals surface area contributed by atoms with Crippen LogP contribution < -0.4 is 5.73 Å². The number of benzene rings is 1. The van der Waals surface area contributed by atoms with E-state index in [4.69, 9.17) is 10.8 Å². The highest BCUT2D eigenvalue weighted by molar-refractivity contribution is 5.93. The highest BCUT2D eigenvalue weighted by atomic mass is 16.3. The van der Waals surface area contributed by atoms with Gasteiger partial charge in [-0.3, -0.25) is 5.10 Å². The number of nitrogens with two attached hydrogens (primary N) is 1. The summed E-state index contributed by atoms with van der Waals surface area (Å²) >= 11 is 0.